The Morgan fingerprint density at radius 3 is 1.85 bits per heavy atom. The lowest BCUT2D eigenvalue weighted by Crippen LogP contribution is -2.52. The Balaban J connectivity index is 3.26. The largest absolute Gasteiger partial charge is 0.364 e. The number of hydrogen-bond donors (Lipinski definition) is 1. The summed E-state index contributed by atoms with van der Waals surface area (Å²) < 4.78 is 1.60. The van der Waals surface area contributed by atoms with Crippen molar-refractivity contribution in [2.75, 3.05) is 16.3 Å². The Bertz CT molecular complexity index is 551. The predicted molar refractivity (Wildman–Crippen MR) is 90.0 cm³/mol. The van der Waals surface area contributed by atoms with Crippen LogP contribution in [0, 0.1) is 0 Å². The molecule has 5 heteroatoms. The van der Waals surface area contributed by atoms with Crippen LogP contribution in [0.15, 0.2) is 9.59 Å². The lowest BCUT2D eigenvalue weighted by Gasteiger charge is -2.41. The van der Waals surface area contributed by atoms with E-state index in [9.17, 15) is 9.59 Å². The molecule has 0 N–H and O–H groups in total. The quantitative estimate of drug-likeness (QED) is 0.670. The average molecular weight is 298 g/mol. The molecule has 0 amide bonds. The van der Waals surface area contributed by atoms with Crippen molar-refractivity contribution in [2.45, 2.75) is 65.5 Å². The molecule has 0 radical (unpaired) electrons. The second-order valence-corrected chi connectivity index (χ2v) is 7.36. The Morgan fingerprint density at radius 1 is 1.00 bits per heavy atom. The zero-order chi connectivity index (χ0) is 15.9. The van der Waals surface area contributed by atoms with Gasteiger partial charge in [-0.05, 0) is 41.0 Å². The fraction of sp³-hybridized carbons (Fsp3) is 0.733. The third-order valence-electron chi connectivity index (χ3n) is 3.81. The van der Waals surface area contributed by atoms with E-state index in [1.807, 2.05) is 32.7 Å². The van der Waals surface area contributed by atoms with Gasteiger partial charge in [0.2, 0.25) is 0 Å². The minimum absolute atomic E-state index is 0.168. The third-order valence-corrected chi connectivity index (χ3v) is 4.61. The van der Waals surface area contributed by atoms with E-state index in [0.29, 0.717) is 11.4 Å². The van der Waals surface area contributed by atoms with Crippen LogP contribution in [0.25, 0.3) is 0 Å². The van der Waals surface area contributed by atoms with Crippen molar-refractivity contribution in [3.63, 3.8) is 0 Å². The van der Waals surface area contributed by atoms with Crippen molar-refractivity contribution in [3.05, 3.63) is 20.4 Å². The summed E-state index contributed by atoms with van der Waals surface area (Å²) in [6.07, 6.45) is 1.97. The predicted octanol–water partition coefficient (Wildman–Crippen LogP) is 2.75. The topological polar surface area (TPSA) is 40.6 Å². The SMILES string of the molecule is CCCC(C)(C)N(C)c1c(N(S)C(C)(C)C)c(=O)c1=O. The maximum absolute atomic E-state index is 12.0. The van der Waals surface area contributed by atoms with Crippen molar-refractivity contribution in [1.82, 2.24) is 0 Å². The molecular weight excluding hydrogens is 272 g/mol. The van der Waals surface area contributed by atoms with Gasteiger partial charge < -0.3 is 9.21 Å². The molecule has 114 valence electrons. The number of hydrogen-bond acceptors (Lipinski definition) is 5. The molecule has 0 aliphatic heterocycles. The molecule has 0 heterocycles. The summed E-state index contributed by atoms with van der Waals surface area (Å²) in [6, 6.07) is 0. The van der Waals surface area contributed by atoms with Crippen LogP contribution in [-0.4, -0.2) is 18.1 Å². The molecule has 0 unspecified atom stereocenters. The van der Waals surface area contributed by atoms with Gasteiger partial charge in [0.25, 0.3) is 10.9 Å². The van der Waals surface area contributed by atoms with Crippen molar-refractivity contribution in [3.8, 4) is 0 Å². The highest BCUT2D eigenvalue weighted by Crippen LogP contribution is 2.34. The maximum Gasteiger partial charge on any atom is 0.254 e. The first kappa shape index (κ1) is 17.1. The molecule has 0 bridgehead atoms. The highest BCUT2D eigenvalue weighted by Gasteiger charge is 2.36. The summed E-state index contributed by atoms with van der Waals surface area (Å²) in [5, 5.41) is 0. The Kier molecular flexibility index (Phi) is 4.64. The summed E-state index contributed by atoms with van der Waals surface area (Å²) in [7, 11) is 1.87. The average Bonchev–Trinajstić information content (AvgIpc) is 2.31. The summed E-state index contributed by atoms with van der Waals surface area (Å²) in [5.74, 6) is 0. The minimum atomic E-state index is -0.441. The van der Waals surface area contributed by atoms with Gasteiger partial charge in [-0.3, -0.25) is 9.59 Å². The monoisotopic (exact) mass is 298 g/mol. The fourth-order valence-corrected chi connectivity index (χ4v) is 2.48. The fourth-order valence-electron chi connectivity index (χ4n) is 2.29. The maximum atomic E-state index is 12.0. The standard InChI is InChI=1S/C15H26N2O2S/c1-8-9-15(5,6)16(7)10-11(13(19)12(10)18)17(20)14(2,3)4/h20H,8-9H2,1-7H3. The lowest BCUT2D eigenvalue weighted by atomic mass is 9.94. The van der Waals surface area contributed by atoms with Crippen molar-refractivity contribution in [1.29, 1.82) is 0 Å². The molecule has 0 aromatic heterocycles. The van der Waals surface area contributed by atoms with Gasteiger partial charge in [0.15, 0.2) is 0 Å². The highest BCUT2D eigenvalue weighted by molar-refractivity contribution is 7.81. The molecule has 1 aromatic rings. The van der Waals surface area contributed by atoms with Crippen LogP contribution in [0.4, 0.5) is 11.4 Å². The van der Waals surface area contributed by atoms with Crippen LogP contribution in [0.3, 0.4) is 0 Å². The molecule has 1 rings (SSSR count). The first-order valence-corrected chi connectivity index (χ1v) is 7.41. The molecule has 0 aliphatic carbocycles. The number of nitrogens with zero attached hydrogens (tertiary/aromatic N) is 2. The first-order valence-electron chi connectivity index (χ1n) is 7.01. The molecule has 0 aliphatic rings. The van der Waals surface area contributed by atoms with E-state index < -0.39 is 10.9 Å². The van der Waals surface area contributed by atoms with E-state index in [1.54, 1.807) is 4.31 Å². The molecule has 0 fully saturated rings. The Labute approximate surface area is 127 Å². The van der Waals surface area contributed by atoms with Crippen LogP contribution in [0.2, 0.25) is 0 Å². The Hall–Kier alpha value is -0.970. The van der Waals surface area contributed by atoms with Gasteiger partial charge in [-0.15, -0.1) is 0 Å². The zero-order valence-corrected chi connectivity index (χ0v) is 14.5. The van der Waals surface area contributed by atoms with Crippen LogP contribution in [-0.2, 0) is 0 Å². The van der Waals surface area contributed by atoms with Gasteiger partial charge in [-0.25, -0.2) is 0 Å². The normalized spacial score (nSPS) is 12.8. The van der Waals surface area contributed by atoms with Crippen LogP contribution >= 0.6 is 12.8 Å². The molecule has 20 heavy (non-hydrogen) atoms. The van der Waals surface area contributed by atoms with Crippen LogP contribution in [0.5, 0.6) is 0 Å². The zero-order valence-electron chi connectivity index (χ0n) is 13.6. The first-order chi connectivity index (χ1) is 8.95. The minimum Gasteiger partial charge on any atom is -0.364 e. The second-order valence-electron chi connectivity index (χ2n) is 6.96. The van der Waals surface area contributed by atoms with Crippen LogP contribution < -0.4 is 20.1 Å². The Morgan fingerprint density at radius 2 is 1.45 bits per heavy atom. The second kappa shape index (κ2) is 5.43. The van der Waals surface area contributed by atoms with Crippen molar-refractivity contribution < 1.29 is 0 Å². The molecule has 1 aromatic carbocycles. The molecule has 0 atom stereocenters. The molecule has 0 saturated carbocycles. The van der Waals surface area contributed by atoms with E-state index >= 15 is 0 Å². The van der Waals surface area contributed by atoms with E-state index in [2.05, 4.69) is 33.6 Å². The van der Waals surface area contributed by atoms with E-state index in [0.717, 1.165) is 12.8 Å². The van der Waals surface area contributed by atoms with E-state index in [4.69, 9.17) is 0 Å². The van der Waals surface area contributed by atoms with Gasteiger partial charge >= 0.3 is 0 Å². The van der Waals surface area contributed by atoms with Crippen LogP contribution in [0.1, 0.15) is 54.4 Å². The van der Waals surface area contributed by atoms with Gasteiger partial charge in [-0.1, -0.05) is 26.2 Å². The molecule has 4 nitrogen and oxygen atoms in total. The van der Waals surface area contributed by atoms with Gasteiger partial charge in [0.05, 0.1) is 0 Å². The summed E-state index contributed by atoms with van der Waals surface area (Å²) in [6.45, 7) is 12.1. The summed E-state index contributed by atoms with van der Waals surface area (Å²) in [4.78, 5) is 25.8. The molecule has 0 saturated heterocycles. The number of rotatable bonds is 5. The van der Waals surface area contributed by atoms with Gasteiger partial charge in [-0.2, -0.15) is 0 Å². The van der Waals surface area contributed by atoms with Crippen molar-refractivity contribution in [2.24, 2.45) is 0 Å². The van der Waals surface area contributed by atoms with Gasteiger partial charge in [0, 0.05) is 18.1 Å². The summed E-state index contributed by atoms with van der Waals surface area (Å²) >= 11 is 4.41. The molecular formula is C15H26N2O2S. The summed E-state index contributed by atoms with van der Waals surface area (Å²) in [5.41, 5.74) is -0.441. The highest BCUT2D eigenvalue weighted by atomic mass is 32.1. The van der Waals surface area contributed by atoms with E-state index in [1.165, 1.54) is 0 Å². The number of thiol groups is 1. The van der Waals surface area contributed by atoms with Crippen molar-refractivity contribution >= 4 is 24.2 Å². The number of anilines is 2. The van der Waals surface area contributed by atoms with E-state index in [-0.39, 0.29) is 11.1 Å². The molecule has 0 spiro atoms. The smallest absolute Gasteiger partial charge is 0.254 e. The third kappa shape index (κ3) is 2.87. The van der Waals surface area contributed by atoms with Gasteiger partial charge in [0.1, 0.15) is 11.4 Å². The lowest BCUT2D eigenvalue weighted by molar-refractivity contribution is 0.442.